The molecule has 188 valence electrons. The maximum atomic E-state index is 12.8. The highest BCUT2D eigenvalue weighted by molar-refractivity contribution is 7.84. The van der Waals surface area contributed by atoms with Crippen LogP contribution in [-0.4, -0.2) is 62.8 Å². The predicted molar refractivity (Wildman–Crippen MR) is 136 cm³/mol. The molecule has 3 heterocycles. The number of fused-ring (bicyclic) bond motifs is 2. The quantitative estimate of drug-likeness (QED) is 0.495. The molecule has 2 aliphatic rings. The number of likely N-dealkylation sites (tertiary alicyclic amines) is 1. The van der Waals surface area contributed by atoms with Crippen LogP contribution in [0.1, 0.15) is 34.3 Å². The Morgan fingerprint density at radius 3 is 2.54 bits per heavy atom. The largest absolute Gasteiger partial charge is 0.493 e. The van der Waals surface area contributed by atoms with E-state index in [0.717, 1.165) is 40.5 Å². The number of rotatable bonds is 7. The third kappa shape index (κ3) is 4.71. The zero-order chi connectivity index (χ0) is 24.0. The Bertz CT molecular complexity index is 1380. The van der Waals surface area contributed by atoms with Gasteiger partial charge in [0.1, 0.15) is 0 Å². The number of nitrogens with zero attached hydrogens (tertiary/aromatic N) is 2. The smallest absolute Gasteiger partial charge is 0.384 e. The van der Waals surface area contributed by atoms with Gasteiger partial charge in [0.2, 0.25) is 0 Å². The van der Waals surface area contributed by atoms with Gasteiger partial charge in [0.05, 0.1) is 12.7 Å². The van der Waals surface area contributed by atoms with Crippen molar-refractivity contribution in [2.45, 2.75) is 25.9 Å². The summed E-state index contributed by atoms with van der Waals surface area (Å²) in [5.74, 6) is -0.0190. The van der Waals surface area contributed by atoms with E-state index < -0.39 is 10.3 Å². The van der Waals surface area contributed by atoms with Crippen molar-refractivity contribution in [1.29, 1.82) is 0 Å². The van der Waals surface area contributed by atoms with Crippen molar-refractivity contribution in [3.63, 3.8) is 0 Å². The van der Waals surface area contributed by atoms with Crippen molar-refractivity contribution in [3.8, 4) is 22.8 Å². The van der Waals surface area contributed by atoms with Crippen molar-refractivity contribution in [1.82, 2.24) is 19.5 Å². The molecule has 1 fully saturated rings. The second-order valence-electron chi connectivity index (χ2n) is 8.90. The summed E-state index contributed by atoms with van der Waals surface area (Å²) in [6, 6.07) is 10.0. The van der Waals surface area contributed by atoms with Crippen molar-refractivity contribution in [2.75, 3.05) is 34.3 Å². The molecule has 0 spiro atoms. The van der Waals surface area contributed by atoms with Gasteiger partial charge in [0.25, 0.3) is 5.91 Å². The lowest BCUT2D eigenvalue weighted by atomic mass is 9.98. The van der Waals surface area contributed by atoms with Gasteiger partial charge in [-0.3, -0.25) is 9.69 Å². The van der Waals surface area contributed by atoms with E-state index in [1.165, 1.54) is 39.6 Å². The number of carbonyl (C=O) groups excluding carboxylic acids is 1. The highest BCUT2D eigenvalue weighted by atomic mass is 35.5. The lowest BCUT2D eigenvalue weighted by Gasteiger charge is -2.18. The van der Waals surface area contributed by atoms with Crippen LogP contribution in [0.5, 0.6) is 11.5 Å². The first-order valence-corrected chi connectivity index (χ1v) is 12.6. The number of benzene rings is 2. The molecule has 2 aliphatic heterocycles. The zero-order valence-electron chi connectivity index (χ0n) is 19.9. The first-order valence-electron chi connectivity index (χ1n) is 11.2. The van der Waals surface area contributed by atoms with E-state index >= 15 is 0 Å². The summed E-state index contributed by atoms with van der Waals surface area (Å²) < 4.78 is 36.7. The first-order chi connectivity index (χ1) is 16.3. The number of hydrogen-bond donors (Lipinski definition) is 2. The summed E-state index contributed by atoms with van der Waals surface area (Å²) in [5, 5.41) is 3.83. The summed E-state index contributed by atoms with van der Waals surface area (Å²) >= 11 is 0. The molecule has 1 saturated heterocycles. The number of nitrogens with one attached hydrogen (secondary N) is 2. The SMILES string of the molecule is COc1cc(-c2cc3cc(CN4CCCC4)ccc3[nH]2)c2c(c1OS(=O)(=O)N(C)C)CNC2=O.Cl. The molecular weight excluding hydrogens is 492 g/mol. The van der Waals surface area contributed by atoms with Crippen LogP contribution in [0.3, 0.4) is 0 Å². The van der Waals surface area contributed by atoms with Crippen molar-refractivity contribution in [2.24, 2.45) is 0 Å². The molecular formula is C24H29ClN4O5S. The number of H-pyrrole nitrogens is 1. The van der Waals surface area contributed by atoms with Crippen molar-refractivity contribution < 1.29 is 22.1 Å². The monoisotopic (exact) mass is 520 g/mol. The molecule has 5 rings (SSSR count). The Morgan fingerprint density at radius 1 is 1.11 bits per heavy atom. The van der Waals surface area contributed by atoms with Gasteiger partial charge < -0.3 is 19.2 Å². The number of ether oxygens (including phenoxy) is 1. The van der Waals surface area contributed by atoms with Crippen LogP contribution < -0.4 is 14.2 Å². The third-order valence-electron chi connectivity index (χ3n) is 6.43. The summed E-state index contributed by atoms with van der Waals surface area (Å²) in [7, 11) is 0.166. The number of methoxy groups -OCH3 is 1. The first kappa shape index (κ1) is 25.3. The Morgan fingerprint density at radius 2 is 1.86 bits per heavy atom. The van der Waals surface area contributed by atoms with Gasteiger partial charge in [-0.2, -0.15) is 12.7 Å². The summed E-state index contributed by atoms with van der Waals surface area (Å²) in [6.07, 6.45) is 2.50. The normalized spacial score (nSPS) is 15.8. The highest BCUT2D eigenvalue weighted by Gasteiger charge is 2.33. The number of halogens is 1. The predicted octanol–water partition coefficient (Wildman–Crippen LogP) is 3.29. The minimum Gasteiger partial charge on any atom is -0.493 e. The summed E-state index contributed by atoms with van der Waals surface area (Å²) in [4.78, 5) is 18.6. The van der Waals surface area contributed by atoms with Crippen LogP contribution >= 0.6 is 12.4 Å². The molecule has 0 atom stereocenters. The lowest BCUT2D eigenvalue weighted by Crippen LogP contribution is -2.27. The van der Waals surface area contributed by atoms with Crippen molar-refractivity contribution in [3.05, 3.63) is 47.0 Å². The Kier molecular flexibility index (Phi) is 7.01. The number of hydrogen-bond acceptors (Lipinski definition) is 6. The topological polar surface area (TPSA) is 104 Å². The number of carbonyl (C=O) groups is 1. The lowest BCUT2D eigenvalue weighted by molar-refractivity contribution is 0.0966. The highest BCUT2D eigenvalue weighted by Crippen LogP contribution is 2.43. The summed E-state index contributed by atoms with van der Waals surface area (Å²) in [5.41, 5.74) is 4.43. The second-order valence-corrected chi connectivity index (χ2v) is 10.7. The van der Waals surface area contributed by atoms with E-state index in [0.29, 0.717) is 16.7 Å². The van der Waals surface area contributed by atoms with Crippen LogP contribution in [0.4, 0.5) is 0 Å². The molecule has 35 heavy (non-hydrogen) atoms. The fourth-order valence-electron chi connectivity index (χ4n) is 4.64. The molecule has 0 saturated carbocycles. The molecule has 1 aromatic heterocycles. The molecule has 2 aromatic carbocycles. The van der Waals surface area contributed by atoms with Crippen LogP contribution in [0.15, 0.2) is 30.3 Å². The molecule has 0 bridgehead atoms. The maximum absolute atomic E-state index is 12.8. The van der Waals surface area contributed by atoms with Gasteiger partial charge in [-0.1, -0.05) is 6.07 Å². The molecule has 0 aliphatic carbocycles. The van der Waals surface area contributed by atoms with E-state index in [9.17, 15) is 13.2 Å². The van der Waals surface area contributed by atoms with Gasteiger partial charge in [0, 0.05) is 54.9 Å². The van der Waals surface area contributed by atoms with E-state index in [4.69, 9.17) is 8.92 Å². The fraction of sp³-hybridized carbons (Fsp3) is 0.375. The van der Waals surface area contributed by atoms with Crippen molar-refractivity contribution >= 4 is 39.5 Å². The van der Waals surface area contributed by atoms with Crippen LogP contribution in [0.25, 0.3) is 22.2 Å². The number of aromatic nitrogens is 1. The number of amides is 1. The van der Waals surface area contributed by atoms with Crippen LogP contribution in [0.2, 0.25) is 0 Å². The minimum atomic E-state index is -4.03. The molecule has 9 nitrogen and oxygen atoms in total. The Labute approximate surface area is 211 Å². The molecule has 11 heteroatoms. The maximum Gasteiger partial charge on any atom is 0.384 e. The van der Waals surface area contributed by atoms with Gasteiger partial charge in [-0.15, -0.1) is 12.4 Å². The average Bonchev–Trinajstić information content (AvgIpc) is 3.54. The zero-order valence-corrected chi connectivity index (χ0v) is 21.5. The Balaban J connectivity index is 0.00000289. The Hall–Kier alpha value is -2.79. The standard InChI is InChI=1S/C24H28N4O5S.ClH/c1-27(2)34(30,31)33-23-18-13-25-24(29)22(18)17(12-21(23)32-3)20-11-16-10-15(6-7-19(16)26-20)14-28-8-4-5-9-28;/h6-7,10-12,26H,4-5,8-9,13-14H2,1-3H3,(H,25,29);1H. The average molecular weight is 521 g/mol. The van der Waals surface area contributed by atoms with Crippen LogP contribution in [0, 0.1) is 0 Å². The second kappa shape index (κ2) is 9.69. The van der Waals surface area contributed by atoms with Crippen LogP contribution in [-0.2, 0) is 23.4 Å². The third-order valence-corrected chi connectivity index (χ3v) is 7.70. The molecule has 0 radical (unpaired) electrons. The van der Waals surface area contributed by atoms with E-state index in [-0.39, 0.29) is 36.4 Å². The van der Waals surface area contributed by atoms with E-state index in [2.05, 4.69) is 33.4 Å². The molecule has 0 unspecified atom stereocenters. The van der Waals surface area contributed by atoms with Gasteiger partial charge in [-0.25, -0.2) is 0 Å². The molecule has 1 amide bonds. The van der Waals surface area contributed by atoms with Gasteiger partial charge in [-0.05, 0) is 55.8 Å². The summed E-state index contributed by atoms with van der Waals surface area (Å²) in [6.45, 7) is 3.34. The van der Waals surface area contributed by atoms with Gasteiger partial charge in [0.15, 0.2) is 11.5 Å². The van der Waals surface area contributed by atoms with E-state index in [1.54, 1.807) is 6.07 Å². The molecule has 2 N–H and O–H groups in total. The minimum absolute atomic E-state index is 0. The molecule has 3 aromatic rings. The van der Waals surface area contributed by atoms with Gasteiger partial charge >= 0.3 is 10.3 Å². The fourth-order valence-corrected chi connectivity index (χ4v) is 5.18. The van der Waals surface area contributed by atoms with E-state index in [1.807, 2.05) is 6.07 Å². The number of aromatic amines is 1.